The maximum atomic E-state index is 12.9. The highest BCUT2D eigenvalue weighted by atomic mass is 31.2. The zero-order chi connectivity index (χ0) is 58.0. The van der Waals surface area contributed by atoms with Crippen molar-refractivity contribution in [2.75, 3.05) is 39.6 Å². The summed E-state index contributed by atoms with van der Waals surface area (Å²) in [5, 5.41) is 10.5. The highest BCUT2D eigenvalue weighted by Crippen LogP contribution is 2.45. The standard InChI is InChI=1S/C59H114O17P2/c1-7-9-11-13-15-16-19-23-30-36-42-57(62)70-48-54(75-58(63)43-37-31-24-20-17-18-22-27-33-39-51(3)4)49-73-77(65,66)71-45-53(60)46-72-78(67,68)74-50-55(47-69-56(61)41-35-29-21-14-12-10-8-2)76-59(64)44-38-32-26-25-28-34-40-52(5)6/h51-55,60H,7-50H2,1-6H3,(H,65,66)(H,67,68)/t53-,54-,55-/m1/s1. The zero-order valence-electron chi connectivity index (χ0n) is 50.0. The van der Waals surface area contributed by atoms with Crippen LogP contribution >= 0.6 is 15.6 Å². The molecule has 0 aliphatic carbocycles. The summed E-state index contributed by atoms with van der Waals surface area (Å²) >= 11 is 0. The predicted molar refractivity (Wildman–Crippen MR) is 308 cm³/mol. The number of phosphoric acid groups is 2. The fourth-order valence-corrected chi connectivity index (χ4v) is 10.2. The first kappa shape index (κ1) is 76.1. The average molecular weight is 1160 g/mol. The fourth-order valence-electron chi connectivity index (χ4n) is 8.65. The van der Waals surface area contributed by atoms with Crippen LogP contribution < -0.4 is 0 Å². The van der Waals surface area contributed by atoms with Gasteiger partial charge in [0.1, 0.15) is 19.3 Å². The number of unbranched alkanes of at least 4 members (excludes halogenated alkanes) is 28. The molecule has 0 radical (unpaired) electrons. The van der Waals surface area contributed by atoms with Crippen molar-refractivity contribution < 1.29 is 80.2 Å². The van der Waals surface area contributed by atoms with E-state index >= 15 is 0 Å². The zero-order valence-corrected chi connectivity index (χ0v) is 51.7. The number of carbonyl (C=O) groups is 4. The molecule has 2 unspecified atom stereocenters. The van der Waals surface area contributed by atoms with E-state index in [9.17, 15) is 43.2 Å². The summed E-state index contributed by atoms with van der Waals surface area (Å²) in [6.07, 6.45) is 32.4. The summed E-state index contributed by atoms with van der Waals surface area (Å²) < 4.78 is 67.6. The summed E-state index contributed by atoms with van der Waals surface area (Å²) in [7, 11) is -9.87. The van der Waals surface area contributed by atoms with E-state index in [1.165, 1.54) is 89.9 Å². The molecule has 0 aromatic carbocycles. The van der Waals surface area contributed by atoms with E-state index in [1.54, 1.807) is 0 Å². The van der Waals surface area contributed by atoms with Gasteiger partial charge in [0.2, 0.25) is 0 Å². The number of phosphoric ester groups is 2. The van der Waals surface area contributed by atoms with Gasteiger partial charge in [-0.3, -0.25) is 37.3 Å². The van der Waals surface area contributed by atoms with E-state index in [1.807, 2.05) is 0 Å². The summed E-state index contributed by atoms with van der Waals surface area (Å²) in [5.41, 5.74) is 0. The third kappa shape index (κ3) is 53.4. The third-order valence-corrected chi connectivity index (χ3v) is 15.4. The van der Waals surface area contributed by atoms with Gasteiger partial charge < -0.3 is 33.8 Å². The Kier molecular flexibility index (Phi) is 50.6. The van der Waals surface area contributed by atoms with Gasteiger partial charge >= 0.3 is 39.5 Å². The number of carbonyl (C=O) groups excluding carboxylic acids is 4. The van der Waals surface area contributed by atoms with E-state index in [4.69, 9.17) is 37.0 Å². The molecule has 0 fully saturated rings. The topological polar surface area (TPSA) is 237 Å². The normalized spacial score (nSPS) is 14.4. The molecule has 0 aliphatic rings. The molecule has 0 aromatic rings. The average Bonchev–Trinajstić information content (AvgIpc) is 3.39. The Morgan fingerprint density at radius 2 is 0.590 bits per heavy atom. The van der Waals surface area contributed by atoms with Crippen LogP contribution in [0.1, 0.15) is 286 Å². The van der Waals surface area contributed by atoms with E-state index in [2.05, 4.69) is 41.5 Å². The first-order valence-electron chi connectivity index (χ1n) is 31.0. The highest BCUT2D eigenvalue weighted by Gasteiger charge is 2.30. The van der Waals surface area contributed by atoms with Crippen LogP contribution in [-0.4, -0.2) is 96.7 Å². The number of hydrogen-bond donors (Lipinski definition) is 3. The number of aliphatic hydroxyl groups excluding tert-OH is 1. The first-order chi connectivity index (χ1) is 37.4. The van der Waals surface area contributed by atoms with Crippen LogP contribution in [0.5, 0.6) is 0 Å². The Bertz CT molecular complexity index is 1550. The molecule has 0 saturated carbocycles. The number of rotatable bonds is 58. The molecule has 17 nitrogen and oxygen atoms in total. The fraction of sp³-hybridized carbons (Fsp3) is 0.932. The van der Waals surface area contributed by atoms with Gasteiger partial charge in [-0.1, -0.05) is 234 Å². The lowest BCUT2D eigenvalue weighted by Crippen LogP contribution is -2.30. The summed E-state index contributed by atoms with van der Waals surface area (Å²) in [6, 6.07) is 0. The van der Waals surface area contributed by atoms with Gasteiger partial charge in [0, 0.05) is 25.7 Å². The lowest BCUT2D eigenvalue weighted by Gasteiger charge is -2.21. The largest absolute Gasteiger partial charge is 0.472 e. The first-order valence-corrected chi connectivity index (χ1v) is 34.0. The molecule has 0 heterocycles. The van der Waals surface area contributed by atoms with Crippen molar-refractivity contribution in [1.29, 1.82) is 0 Å². The monoisotopic (exact) mass is 1160 g/mol. The molecule has 462 valence electrons. The molecular weight excluding hydrogens is 1040 g/mol. The maximum Gasteiger partial charge on any atom is 0.472 e. The Hall–Kier alpha value is -1.94. The van der Waals surface area contributed by atoms with Crippen LogP contribution in [0.2, 0.25) is 0 Å². The minimum Gasteiger partial charge on any atom is -0.462 e. The molecular formula is C59H114O17P2. The highest BCUT2D eigenvalue weighted by molar-refractivity contribution is 7.47. The second-order valence-electron chi connectivity index (χ2n) is 22.3. The molecule has 0 amide bonds. The molecule has 0 bridgehead atoms. The lowest BCUT2D eigenvalue weighted by molar-refractivity contribution is -0.161. The third-order valence-electron chi connectivity index (χ3n) is 13.5. The predicted octanol–water partition coefficient (Wildman–Crippen LogP) is 15.7. The van der Waals surface area contributed by atoms with Gasteiger partial charge in [-0.2, -0.15) is 0 Å². The van der Waals surface area contributed by atoms with Crippen LogP contribution in [0.15, 0.2) is 0 Å². The molecule has 0 aliphatic heterocycles. The minimum atomic E-state index is -4.94. The van der Waals surface area contributed by atoms with Gasteiger partial charge in [-0.05, 0) is 37.5 Å². The van der Waals surface area contributed by atoms with Crippen molar-refractivity contribution >= 4 is 39.5 Å². The maximum absolute atomic E-state index is 12.9. The Morgan fingerprint density at radius 1 is 0.346 bits per heavy atom. The minimum absolute atomic E-state index is 0.101. The molecule has 5 atom stereocenters. The molecule has 3 N–H and O–H groups in total. The second kappa shape index (κ2) is 51.9. The van der Waals surface area contributed by atoms with Crippen LogP contribution in [0.4, 0.5) is 0 Å². The molecule has 78 heavy (non-hydrogen) atoms. The van der Waals surface area contributed by atoms with Gasteiger partial charge in [0.05, 0.1) is 26.4 Å². The smallest absolute Gasteiger partial charge is 0.462 e. The van der Waals surface area contributed by atoms with Crippen LogP contribution in [0.25, 0.3) is 0 Å². The number of esters is 4. The van der Waals surface area contributed by atoms with Gasteiger partial charge in [-0.25, -0.2) is 9.13 Å². The van der Waals surface area contributed by atoms with Gasteiger partial charge in [0.15, 0.2) is 12.2 Å². The number of aliphatic hydroxyl groups is 1. The SMILES string of the molecule is CCCCCCCCCCCCC(=O)OC[C@H](COP(=O)(O)OC[C@@H](O)COP(=O)(O)OC[C@@H](COC(=O)CCCCCCCCC)OC(=O)CCCCCCCCC(C)C)OC(=O)CCCCCCCCCCCC(C)C. The van der Waals surface area contributed by atoms with Crippen molar-refractivity contribution in [3.8, 4) is 0 Å². The van der Waals surface area contributed by atoms with Crippen molar-refractivity contribution in [3.05, 3.63) is 0 Å². The molecule has 0 spiro atoms. The Labute approximate surface area is 473 Å². The second-order valence-corrected chi connectivity index (χ2v) is 25.2. The van der Waals surface area contributed by atoms with E-state index in [-0.39, 0.29) is 25.7 Å². The Morgan fingerprint density at radius 3 is 0.872 bits per heavy atom. The van der Waals surface area contributed by atoms with E-state index in [0.29, 0.717) is 31.6 Å². The number of hydrogen-bond acceptors (Lipinski definition) is 15. The summed E-state index contributed by atoms with van der Waals surface area (Å²) in [4.78, 5) is 71.8. The van der Waals surface area contributed by atoms with Crippen molar-refractivity contribution in [3.63, 3.8) is 0 Å². The van der Waals surface area contributed by atoms with Crippen molar-refractivity contribution in [2.45, 2.75) is 304 Å². The molecule has 0 aromatic heterocycles. The van der Waals surface area contributed by atoms with E-state index in [0.717, 1.165) is 109 Å². The van der Waals surface area contributed by atoms with Crippen molar-refractivity contribution in [1.82, 2.24) is 0 Å². The quantitative estimate of drug-likeness (QED) is 0.0222. The molecule has 19 heteroatoms. The molecule has 0 rings (SSSR count). The van der Waals surface area contributed by atoms with Gasteiger partial charge in [0.25, 0.3) is 0 Å². The van der Waals surface area contributed by atoms with Crippen LogP contribution in [0, 0.1) is 11.8 Å². The Balaban J connectivity index is 5.22. The molecule has 0 saturated heterocycles. The van der Waals surface area contributed by atoms with E-state index < -0.39 is 97.5 Å². The van der Waals surface area contributed by atoms with Gasteiger partial charge in [-0.15, -0.1) is 0 Å². The summed E-state index contributed by atoms with van der Waals surface area (Å²) in [5.74, 6) is -0.744. The summed E-state index contributed by atoms with van der Waals surface area (Å²) in [6.45, 7) is 9.29. The van der Waals surface area contributed by atoms with Crippen molar-refractivity contribution in [2.24, 2.45) is 11.8 Å². The number of ether oxygens (including phenoxy) is 4. The van der Waals surface area contributed by atoms with Crippen LogP contribution in [0.3, 0.4) is 0 Å². The van der Waals surface area contributed by atoms with Crippen LogP contribution in [-0.2, 0) is 65.4 Å². The lowest BCUT2D eigenvalue weighted by atomic mass is 10.0.